The molecule has 2 N–H and O–H groups in total. The van der Waals surface area contributed by atoms with Crippen molar-refractivity contribution in [3.8, 4) is 0 Å². The van der Waals surface area contributed by atoms with Crippen LogP contribution >= 0.6 is 0 Å². The van der Waals surface area contributed by atoms with Crippen molar-refractivity contribution in [1.82, 2.24) is 20.2 Å². The first-order valence-electron chi connectivity index (χ1n) is 16.2. The smallest absolute Gasteiger partial charge is 0.254 e. The highest BCUT2D eigenvalue weighted by atomic mass is 16.3. The predicted octanol–water partition coefficient (Wildman–Crippen LogP) is 5.38. The fraction of sp³-hybridized carbons (Fsp3) is 0.405. The number of rotatable bonds is 12. The molecule has 1 aliphatic heterocycles. The Kier molecular flexibility index (Phi) is 10.6. The van der Waals surface area contributed by atoms with Gasteiger partial charge in [0.05, 0.1) is 29.7 Å². The summed E-state index contributed by atoms with van der Waals surface area (Å²) in [6, 6.07) is 16.2. The number of aryl methyl sites for hydroxylation is 1. The van der Waals surface area contributed by atoms with Crippen molar-refractivity contribution >= 4 is 23.2 Å². The van der Waals surface area contributed by atoms with Gasteiger partial charge in [0.25, 0.3) is 11.8 Å². The maximum Gasteiger partial charge on any atom is 0.254 e. The van der Waals surface area contributed by atoms with Gasteiger partial charge in [0, 0.05) is 57.2 Å². The number of oxazole rings is 1. The first kappa shape index (κ1) is 33.7. The molecule has 5 rings (SSSR count). The van der Waals surface area contributed by atoms with Gasteiger partial charge in [-0.25, -0.2) is 4.98 Å². The number of carbonyl (C=O) groups is 2. The highest BCUT2D eigenvalue weighted by Crippen LogP contribution is 2.33. The summed E-state index contributed by atoms with van der Waals surface area (Å²) in [4.78, 5) is 42.4. The van der Waals surface area contributed by atoms with Crippen molar-refractivity contribution < 1.29 is 19.1 Å². The highest BCUT2D eigenvalue weighted by molar-refractivity contribution is 6.01. The minimum Gasteiger partial charge on any atom is -0.446 e. The summed E-state index contributed by atoms with van der Waals surface area (Å²) in [5, 5.41) is 14.7. The second-order valence-corrected chi connectivity index (χ2v) is 13.0. The number of anilines is 2. The number of aliphatic hydroxyl groups excluding tert-OH is 1. The van der Waals surface area contributed by atoms with Crippen LogP contribution in [-0.2, 0) is 6.42 Å². The number of benzene rings is 2. The lowest BCUT2D eigenvalue weighted by atomic mass is 9.99. The van der Waals surface area contributed by atoms with E-state index in [2.05, 4.69) is 35.2 Å². The predicted molar refractivity (Wildman–Crippen MR) is 184 cm³/mol. The Balaban J connectivity index is 1.39. The van der Waals surface area contributed by atoms with E-state index in [1.165, 1.54) is 0 Å². The van der Waals surface area contributed by atoms with Crippen LogP contribution in [0.5, 0.6) is 0 Å². The van der Waals surface area contributed by atoms with Crippen molar-refractivity contribution in [3.63, 3.8) is 0 Å². The number of nitrogens with zero attached hydrogens (tertiary/aromatic N) is 5. The van der Waals surface area contributed by atoms with Gasteiger partial charge in [-0.3, -0.25) is 14.6 Å². The van der Waals surface area contributed by atoms with Gasteiger partial charge < -0.3 is 29.5 Å². The van der Waals surface area contributed by atoms with Crippen LogP contribution in [0.25, 0.3) is 0 Å². The van der Waals surface area contributed by atoms with E-state index in [9.17, 15) is 14.7 Å². The van der Waals surface area contributed by atoms with Gasteiger partial charge in [-0.2, -0.15) is 0 Å². The SMILES string of the molecule is Cc1coc([C@H]2CCCN2C(=O)c2cc(C(=O)N[C@@H](Cc3ccccc3)[C@H](O)CN(C)c3cncc(C(C)C)c3)cc(N(C)C)c2)n1. The number of hydrogen-bond donors (Lipinski definition) is 2. The molecule has 0 radical (unpaired) electrons. The second kappa shape index (κ2) is 14.8. The van der Waals surface area contributed by atoms with Gasteiger partial charge in [0.1, 0.15) is 12.3 Å². The van der Waals surface area contributed by atoms with Gasteiger partial charge in [0.15, 0.2) is 0 Å². The quantitative estimate of drug-likeness (QED) is 0.213. The molecule has 1 aliphatic rings. The number of aliphatic hydroxyl groups is 1. The van der Waals surface area contributed by atoms with Gasteiger partial charge in [-0.15, -0.1) is 0 Å². The molecule has 0 saturated carbocycles. The third-order valence-corrected chi connectivity index (χ3v) is 8.77. The summed E-state index contributed by atoms with van der Waals surface area (Å²) in [5.41, 5.74) is 5.24. The lowest BCUT2D eigenvalue weighted by Gasteiger charge is -2.29. The summed E-state index contributed by atoms with van der Waals surface area (Å²) < 4.78 is 5.67. The fourth-order valence-electron chi connectivity index (χ4n) is 5.97. The summed E-state index contributed by atoms with van der Waals surface area (Å²) >= 11 is 0. The Bertz CT molecular complexity index is 1670. The Hall–Kier alpha value is -4.70. The van der Waals surface area contributed by atoms with Gasteiger partial charge in [0.2, 0.25) is 5.89 Å². The number of pyridine rings is 1. The van der Waals surface area contributed by atoms with Crippen LogP contribution in [0.1, 0.15) is 82.1 Å². The van der Waals surface area contributed by atoms with Gasteiger partial charge >= 0.3 is 0 Å². The van der Waals surface area contributed by atoms with E-state index in [4.69, 9.17) is 4.42 Å². The van der Waals surface area contributed by atoms with Crippen LogP contribution in [0.2, 0.25) is 0 Å². The third kappa shape index (κ3) is 8.18. The molecule has 1 saturated heterocycles. The molecule has 47 heavy (non-hydrogen) atoms. The Morgan fingerprint density at radius 1 is 1.04 bits per heavy atom. The molecule has 0 bridgehead atoms. The molecule has 0 unspecified atom stereocenters. The Labute approximate surface area is 277 Å². The van der Waals surface area contributed by atoms with Crippen molar-refractivity contribution in [1.29, 1.82) is 0 Å². The zero-order valence-corrected chi connectivity index (χ0v) is 28.2. The number of likely N-dealkylation sites (N-methyl/N-ethyl adjacent to an activating group) is 1. The van der Waals surface area contributed by atoms with E-state index in [0.717, 1.165) is 41.0 Å². The Morgan fingerprint density at radius 2 is 1.79 bits per heavy atom. The minimum absolute atomic E-state index is 0.180. The molecule has 3 atom stereocenters. The molecule has 4 aromatic rings. The van der Waals surface area contributed by atoms with Crippen molar-refractivity contribution in [2.45, 2.75) is 64.1 Å². The van der Waals surface area contributed by atoms with Crippen molar-refractivity contribution in [3.05, 3.63) is 107 Å². The van der Waals surface area contributed by atoms with Crippen molar-refractivity contribution in [2.75, 3.05) is 44.0 Å². The van der Waals surface area contributed by atoms with E-state index in [1.807, 2.05) is 74.4 Å². The molecule has 248 valence electrons. The number of hydrogen-bond acceptors (Lipinski definition) is 8. The molecular formula is C37H46N6O4. The van der Waals surface area contributed by atoms with E-state index in [0.29, 0.717) is 35.9 Å². The number of nitrogens with one attached hydrogen (secondary N) is 1. The molecule has 0 spiro atoms. The van der Waals surface area contributed by atoms with E-state index < -0.39 is 12.1 Å². The molecule has 2 aromatic heterocycles. The summed E-state index contributed by atoms with van der Waals surface area (Å²) in [7, 11) is 5.66. The van der Waals surface area contributed by atoms with Crippen molar-refractivity contribution in [2.24, 2.45) is 0 Å². The number of likely N-dealkylation sites (tertiary alicyclic amines) is 1. The topological polar surface area (TPSA) is 115 Å². The average Bonchev–Trinajstić information content (AvgIpc) is 3.73. The molecule has 2 aromatic carbocycles. The normalized spacial score (nSPS) is 15.8. The van der Waals surface area contributed by atoms with Crippen LogP contribution in [0.15, 0.2) is 77.7 Å². The lowest BCUT2D eigenvalue weighted by Crippen LogP contribution is -2.49. The zero-order chi connectivity index (χ0) is 33.7. The van der Waals surface area contributed by atoms with Crippen LogP contribution < -0.4 is 15.1 Å². The van der Waals surface area contributed by atoms with Gasteiger partial charge in [-0.05, 0) is 67.5 Å². The highest BCUT2D eigenvalue weighted by Gasteiger charge is 2.34. The fourth-order valence-corrected chi connectivity index (χ4v) is 5.97. The van der Waals surface area contributed by atoms with E-state index in [-0.39, 0.29) is 24.4 Å². The summed E-state index contributed by atoms with van der Waals surface area (Å²) in [6.07, 6.45) is 6.36. The molecule has 10 nitrogen and oxygen atoms in total. The number of aromatic nitrogens is 2. The zero-order valence-electron chi connectivity index (χ0n) is 28.2. The monoisotopic (exact) mass is 638 g/mol. The number of amides is 2. The minimum atomic E-state index is -0.903. The Morgan fingerprint density at radius 3 is 2.47 bits per heavy atom. The van der Waals surface area contributed by atoms with E-state index >= 15 is 0 Å². The van der Waals surface area contributed by atoms with Gasteiger partial charge in [-0.1, -0.05) is 44.2 Å². The van der Waals surface area contributed by atoms with Crippen LogP contribution in [0.4, 0.5) is 11.4 Å². The molecule has 3 heterocycles. The summed E-state index contributed by atoms with van der Waals surface area (Å²) in [5.74, 6) is 0.309. The van der Waals surface area contributed by atoms with Crippen LogP contribution in [0, 0.1) is 6.92 Å². The standard InChI is InChI=1S/C37H46N6O4/c1-24(2)29-19-31(21-38-20-29)42(6)22-34(44)32(15-26-11-8-7-9-12-26)40-35(45)27-16-28(18-30(17-27)41(4)5)37(46)43-14-10-13-33(43)36-39-25(3)23-47-36/h7-9,11-12,16-21,23-24,32-34,44H,10,13-15,22H2,1-6H3,(H,40,45)/t32-,33+,34+/m0/s1. The maximum atomic E-state index is 14.0. The molecular weight excluding hydrogens is 592 g/mol. The number of carbonyl (C=O) groups excluding carboxylic acids is 2. The maximum absolute atomic E-state index is 14.0. The van der Waals surface area contributed by atoms with Crippen LogP contribution in [-0.4, -0.2) is 78.2 Å². The largest absolute Gasteiger partial charge is 0.446 e. The lowest BCUT2D eigenvalue weighted by molar-refractivity contribution is 0.0715. The second-order valence-electron chi connectivity index (χ2n) is 13.0. The molecule has 0 aliphatic carbocycles. The first-order valence-corrected chi connectivity index (χ1v) is 16.2. The molecule has 2 amide bonds. The summed E-state index contributed by atoms with van der Waals surface area (Å²) in [6.45, 7) is 6.95. The average molecular weight is 639 g/mol. The third-order valence-electron chi connectivity index (χ3n) is 8.77. The van der Waals surface area contributed by atoms with E-state index in [1.54, 1.807) is 35.6 Å². The first-order chi connectivity index (χ1) is 22.5. The molecule has 1 fully saturated rings. The molecule has 10 heteroatoms. The van der Waals surface area contributed by atoms with Crippen LogP contribution in [0.3, 0.4) is 0 Å².